The molecule has 0 bridgehead atoms. The number of imidazole rings is 2. The van der Waals surface area contributed by atoms with E-state index in [1.54, 1.807) is 4.90 Å². The molecule has 0 unspecified atom stereocenters. The molecule has 2 aliphatic rings. The fourth-order valence-electron chi connectivity index (χ4n) is 8.89. The number of nitrogens with zero attached hydrogens (tertiary/aromatic N) is 4. The van der Waals surface area contributed by atoms with Crippen LogP contribution in [-0.4, -0.2) is 92.6 Å². The summed E-state index contributed by atoms with van der Waals surface area (Å²) in [4.78, 5) is 72.6. The lowest BCUT2D eigenvalue weighted by Crippen LogP contribution is -2.52. The largest absolute Gasteiger partial charge is 0.488 e. The van der Waals surface area contributed by atoms with Crippen LogP contribution in [0, 0.1) is 17.8 Å². The Morgan fingerprint density at radius 1 is 0.903 bits per heavy atom. The van der Waals surface area contributed by atoms with Gasteiger partial charge in [0.05, 0.1) is 49.7 Å². The summed E-state index contributed by atoms with van der Waals surface area (Å²) in [6, 6.07) is 12.9. The van der Waals surface area contributed by atoms with Crippen LogP contribution in [0.4, 0.5) is 9.59 Å². The molecule has 4 heterocycles. The molecule has 15 nitrogen and oxygen atoms in total. The first kappa shape index (κ1) is 44.0. The van der Waals surface area contributed by atoms with Gasteiger partial charge in [-0.05, 0) is 83.9 Å². The molecule has 5 aromatic rings. The van der Waals surface area contributed by atoms with E-state index in [2.05, 4.69) is 70.8 Å². The number of ether oxygens (including phenoxy) is 3. The van der Waals surface area contributed by atoms with Crippen molar-refractivity contribution in [3.63, 3.8) is 0 Å². The van der Waals surface area contributed by atoms with Gasteiger partial charge in [-0.3, -0.25) is 9.59 Å². The zero-order valence-electron chi connectivity index (χ0n) is 37.3. The quantitative estimate of drug-likeness (QED) is 0.0855. The molecule has 2 aromatic heterocycles. The molecule has 330 valence electrons. The topological polar surface area (TPSA) is 184 Å². The summed E-state index contributed by atoms with van der Waals surface area (Å²) < 4.78 is 16.1. The van der Waals surface area contributed by atoms with Crippen molar-refractivity contribution in [1.82, 2.24) is 40.4 Å². The van der Waals surface area contributed by atoms with Gasteiger partial charge in [-0.2, -0.15) is 0 Å². The number of nitrogens with one attached hydrogen (secondary N) is 4. The van der Waals surface area contributed by atoms with Gasteiger partial charge in [-0.25, -0.2) is 19.6 Å². The molecular weight excluding hydrogens is 789 g/mol. The molecule has 3 aromatic carbocycles. The van der Waals surface area contributed by atoms with E-state index in [1.165, 1.54) is 14.2 Å². The number of aromatic amines is 2. The van der Waals surface area contributed by atoms with Crippen LogP contribution in [0.2, 0.25) is 0 Å². The van der Waals surface area contributed by atoms with Crippen LogP contribution in [-0.2, 0) is 32.2 Å². The molecule has 7 rings (SSSR count). The third-order valence-electron chi connectivity index (χ3n) is 12.6. The zero-order chi connectivity index (χ0) is 44.4. The van der Waals surface area contributed by atoms with Crippen molar-refractivity contribution in [2.24, 2.45) is 17.8 Å². The van der Waals surface area contributed by atoms with Crippen molar-refractivity contribution in [2.45, 2.75) is 111 Å². The SMILES string of the molecule is CCC(CC)CN(Cc1nc2ccc3cc4c(cc3c2[nH]1)OCc1cc(-c2cnc([C@@H]3CC[C@H](C)N3C(=O)[C@@H](NC(=O)OC)C(C)C)[nH]2)ccc1-4)C(=O)[C@@H](NC(=O)OC)C(C)C. The lowest BCUT2D eigenvalue weighted by atomic mass is 9.92. The Morgan fingerprint density at radius 2 is 1.61 bits per heavy atom. The first-order chi connectivity index (χ1) is 29.7. The normalized spacial score (nSPS) is 16.9. The van der Waals surface area contributed by atoms with Crippen molar-refractivity contribution in [1.29, 1.82) is 0 Å². The van der Waals surface area contributed by atoms with Gasteiger partial charge in [0.25, 0.3) is 0 Å². The predicted molar refractivity (Wildman–Crippen MR) is 237 cm³/mol. The highest BCUT2D eigenvalue weighted by molar-refractivity contribution is 6.07. The Bertz CT molecular complexity index is 2450. The van der Waals surface area contributed by atoms with E-state index in [9.17, 15) is 19.2 Å². The number of rotatable bonds is 14. The number of H-pyrrole nitrogens is 2. The lowest BCUT2D eigenvalue weighted by Gasteiger charge is -2.32. The molecule has 4 N–H and O–H groups in total. The molecule has 0 saturated carbocycles. The second-order valence-corrected chi connectivity index (χ2v) is 17.4. The number of methoxy groups -OCH3 is 2. The average molecular weight is 849 g/mol. The monoisotopic (exact) mass is 848 g/mol. The van der Waals surface area contributed by atoms with Gasteiger partial charge in [0, 0.05) is 23.5 Å². The summed E-state index contributed by atoms with van der Waals surface area (Å²) in [6.07, 6.45) is 3.95. The molecule has 0 spiro atoms. The summed E-state index contributed by atoms with van der Waals surface area (Å²) in [5.41, 5.74) is 6.55. The summed E-state index contributed by atoms with van der Waals surface area (Å²) in [7, 11) is 2.59. The molecule has 0 aliphatic carbocycles. The van der Waals surface area contributed by atoms with E-state index >= 15 is 0 Å². The maximum absolute atomic E-state index is 14.0. The van der Waals surface area contributed by atoms with Crippen LogP contribution >= 0.6 is 0 Å². The summed E-state index contributed by atoms with van der Waals surface area (Å²) >= 11 is 0. The van der Waals surface area contributed by atoms with Crippen LogP contribution in [0.1, 0.15) is 97.4 Å². The van der Waals surface area contributed by atoms with Crippen molar-refractivity contribution in [3.05, 3.63) is 65.9 Å². The molecule has 1 saturated heterocycles. The minimum Gasteiger partial charge on any atom is -0.488 e. The number of hydrogen-bond donors (Lipinski definition) is 4. The first-order valence-electron chi connectivity index (χ1n) is 21.8. The van der Waals surface area contributed by atoms with Crippen molar-refractivity contribution < 1.29 is 33.4 Å². The molecule has 0 radical (unpaired) electrons. The minimum absolute atomic E-state index is 0.0173. The van der Waals surface area contributed by atoms with Crippen molar-refractivity contribution in [3.8, 4) is 28.1 Å². The number of amides is 4. The van der Waals surface area contributed by atoms with Gasteiger partial charge in [-0.15, -0.1) is 0 Å². The molecule has 1 fully saturated rings. The number of hydrogen-bond acceptors (Lipinski definition) is 9. The highest BCUT2D eigenvalue weighted by Gasteiger charge is 2.41. The van der Waals surface area contributed by atoms with E-state index in [1.807, 2.05) is 51.8 Å². The lowest BCUT2D eigenvalue weighted by molar-refractivity contribution is -0.137. The Labute approximate surface area is 362 Å². The highest BCUT2D eigenvalue weighted by atomic mass is 16.5. The van der Waals surface area contributed by atoms with Crippen LogP contribution in [0.15, 0.2) is 48.7 Å². The fraction of sp³-hybridized carbons (Fsp3) is 0.489. The Hall–Kier alpha value is -6.12. The third kappa shape index (κ3) is 8.80. The third-order valence-corrected chi connectivity index (χ3v) is 12.6. The number of carbonyl (C=O) groups is 4. The summed E-state index contributed by atoms with van der Waals surface area (Å²) in [6.45, 7) is 15.1. The maximum atomic E-state index is 14.0. The molecular formula is C47H60N8O7. The van der Waals surface area contributed by atoms with E-state index in [-0.39, 0.29) is 42.3 Å². The second kappa shape index (κ2) is 18.5. The van der Waals surface area contributed by atoms with E-state index in [0.717, 1.165) is 81.2 Å². The number of fused-ring (bicyclic) bond motifs is 6. The molecule has 2 aliphatic heterocycles. The first-order valence-corrected chi connectivity index (χ1v) is 21.8. The van der Waals surface area contributed by atoms with Gasteiger partial charge in [0.2, 0.25) is 11.8 Å². The zero-order valence-corrected chi connectivity index (χ0v) is 37.3. The maximum Gasteiger partial charge on any atom is 0.407 e. The van der Waals surface area contributed by atoms with Crippen LogP contribution in [0.5, 0.6) is 5.75 Å². The summed E-state index contributed by atoms with van der Waals surface area (Å²) in [5.74, 6) is 1.82. The van der Waals surface area contributed by atoms with Crippen LogP contribution in [0.25, 0.3) is 44.2 Å². The molecule has 15 heteroatoms. The number of likely N-dealkylation sites (tertiary alicyclic amines) is 1. The smallest absolute Gasteiger partial charge is 0.407 e. The number of benzene rings is 3. The molecule has 62 heavy (non-hydrogen) atoms. The Balaban J connectivity index is 1.13. The summed E-state index contributed by atoms with van der Waals surface area (Å²) in [5, 5.41) is 7.45. The predicted octanol–water partition coefficient (Wildman–Crippen LogP) is 8.24. The van der Waals surface area contributed by atoms with Gasteiger partial charge >= 0.3 is 12.2 Å². The second-order valence-electron chi connectivity index (χ2n) is 17.4. The van der Waals surface area contributed by atoms with Gasteiger partial charge in [0.15, 0.2) is 0 Å². The van der Waals surface area contributed by atoms with Gasteiger partial charge in [0.1, 0.15) is 36.1 Å². The number of alkyl carbamates (subject to hydrolysis) is 2. The Kier molecular flexibility index (Phi) is 13.1. The molecule has 4 atom stereocenters. The van der Waals surface area contributed by atoms with E-state index in [4.69, 9.17) is 24.2 Å². The highest BCUT2D eigenvalue weighted by Crippen LogP contribution is 2.43. The number of carbonyl (C=O) groups excluding carboxylic acids is 4. The molecule has 4 amide bonds. The van der Waals surface area contributed by atoms with Crippen molar-refractivity contribution in [2.75, 3.05) is 20.8 Å². The number of aromatic nitrogens is 4. The van der Waals surface area contributed by atoms with Crippen LogP contribution < -0.4 is 15.4 Å². The Morgan fingerprint density at radius 3 is 2.29 bits per heavy atom. The van der Waals surface area contributed by atoms with Gasteiger partial charge in [-0.1, -0.05) is 72.6 Å². The fourth-order valence-corrected chi connectivity index (χ4v) is 8.89. The van der Waals surface area contributed by atoms with E-state index < -0.39 is 24.3 Å². The minimum atomic E-state index is -0.743. The van der Waals surface area contributed by atoms with Gasteiger partial charge < -0.3 is 44.6 Å². The van der Waals surface area contributed by atoms with Crippen molar-refractivity contribution >= 4 is 45.8 Å². The van der Waals surface area contributed by atoms with Crippen LogP contribution in [0.3, 0.4) is 0 Å². The standard InChI is InChI=1S/C47H60N8O7/c1-10-28(11-2)22-54(44(56)40(25(3)4)52-46(58)60-8)23-39-49-35-16-14-29-19-34-32-15-13-30(18-31(32)24-62-38(34)20-33(29)42(35)51-39)36-21-48-43(50-36)37-17-12-27(7)55(37)45(57)41(26(5)6)53-47(59)61-9/h13-16,18-21,25-28,37,40-41H,10-12,17,22-24H2,1-9H3,(H,48,50)(H,49,51)(H,52,58)(H,53,59)/t27-,37-,40-,41-/m0/s1. The average Bonchev–Trinajstić information content (AvgIpc) is 4.03. The van der Waals surface area contributed by atoms with E-state index in [0.29, 0.717) is 30.7 Å².